The summed E-state index contributed by atoms with van der Waals surface area (Å²) in [4.78, 5) is 6.39. The van der Waals surface area contributed by atoms with Crippen molar-refractivity contribution in [2.45, 2.75) is 6.42 Å². The van der Waals surface area contributed by atoms with Crippen LogP contribution in [0.1, 0.15) is 5.82 Å². The summed E-state index contributed by atoms with van der Waals surface area (Å²) in [6.07, 6.45) is 2.62. The summed E-state index contributed by atoms with van der Waals surface area (Å²) in [5, 5.41) is 0.927. The van der Waals surface area contributed by atoms with Gasteiger partial charge in [-0.1, -0.05) is 6.08 Å². The van der Waals surface area contributed by atoms with Crippen LogP contribution in [0, 0.1) is 0 Å². The molecule has 0 aliphatic rings. The molecule has 0 atom stereocenters. The van der Waals surface area contributed by atoms with E-state index in [0.717, 1.165) is 23.9 Å². The van der Waals surface area contributed by atoms with Gasteiger partial charge in [0.05, 0.1) is 6.61 Å². The molecular weight excluding hydrogens is 198 g/mol. The molecule has 0 bridgehead atoms. The zero-order chi connectivity index (χ0) is 10.4. The molecule has 0 fully saturated rings. The predicted octanol–water partition coefficient (Wildman–Crippen LogP) is 1.35. The van der Waals surface area contributed by atoms with Crippen LogP contribution in [0.2, 0.25) is 0 Å². The highest BCUT2D eigenvalue weighted by atomic mass is 32.1. The van der Waals surface area contributed by atoms with Gasteiger partial charge in [0.1, 0.15) is 5.82 Å². The zero-order valence-electron chi connectivity index (χ0n) is 8.56. The van der Waals surface area contributed by atoms with E-state index in [4.69, 9.17) is 4.74 Å². The third-order valence-corrected chi connectivity index (χ3v) is 2.58. The van der Waals surface area contributed by atoms with Gasteiger partial charge < -0.3 is 9.64 Å². The zero-order valence-corrected chi connectivity index (χ0v) is 9.38. The Bertz CT molecular complexity index is 287. The van der Waals surface area contributed by atoms with Gasteiger partial charge in [-0.2, -0.15) is 4.37 Å². The number of hydrogen-bond donors (Lipinski definition) is 0. The van der Waals surface area contributed by atoms with E-state index >= 15 is 0 Å². The fourth-order valence-corrected chi connectivity index (χ4v) is 1.65. The Morgan fingerprint density at radius 1 is 1.64 bits per heavy atom. The van der Waals surface area contributed by atoms with Gasteiger partial charge in [0.15, 0.2) is 0 Å². The molecule has 0 N–H and O–H groups in total. The van der Waals surface area contributed by atoms with Gasteiger partial charge in [-0.15, -0.1) is 6.58 Å². The number of hydrogen-bond acceptors (Lipinski definition) is 5. The Balaban J connectivity index is 2.53. The van der Waals surface area contributed by atoms with Crippen molar-refractivity contribution in [3.05, 3.63) is 18.5 Å². The fraction of sp³-hybridized carbons (Fsp3) is 0.556. The van der Waals surface area contributed by atoms with Crippen LogP contribution >= 0.6 is 11.5 Å². The Morgan fingerprint density at radius 3 is 3.07 bits per heavy atom. The lowest BCUT2D eigenvalue weighted by Crippen LogP contribution is -2.16. The summed E-state index contributed by atoms with van der Waals surface area (Å²) < 4.78 is 9.19. The quantitative estimate of drug-likeness (QED) is 0.669. The monoisotopic (exact) mass is 213 g/mol. The van der Waals surface area contributed by atoms with E-state index in [2.05, 4.69) is 15.9 Å². The molecule has 0 unspecified atom stereocenters. The Kier molecular flexibility index (Phi) is 4.55. The molecule has 1 aromatic rings. The molecule has 0 spiro atoms. The molecule has 0 saturated heterocycles. The SMILES string of the molecule is C=CCN(C)c1nc(CCOC)ns1. The van der Waals surface area contributed by atoms with Crippen LogP contribution in [-0.2, 0) is 11.2 Å². The third kappa shape index (κ3) is 3.08. The molecule has 0 amide bonds. The van der Waals surface area contributed by atoms with Gasteiger partial charge in [0.25, 0.3) is 0 Å². The standard InChI is InChI=1S/C9H15N3OS/c1-4-6-12(2)9-10-8(11-14-9)5-7-13-3/h4H,1,5-7H2,2-3H3. The van der Waals surface area contributed by atoms with Crippen LogP contribution in [0.15, 0.2) is 12.7 Å². The molecule has 1 heterocycles. The largest absolute Gasteiger partial charge is 0.384 e. The minimum Gasteiger partial charge on any atom is -0.384 e. The second-order valence-corrected chi connectivity index (χ2v) is 3.64. The minimum absolute atomic E-state index is 0.668. The minimum atomic E-state index is 0.668. The maximum atomic E-state index is 4.96. The molecule has 78 valence electrons. The van der Waals surface area contributed by atoms with E-state index in [-0.39, 0.29) is 0 Å². The molecule has 0 aliphatic heterocycles. The normalized spacial score (nSPS) is 10.1. The molecule has 0 aromatic carbocycles. The van der Waals surface area contributed by atoms with Crippen LogP contribution < -0.4 is 4.90 Å². The maximum absolute atomic E-state index is 4.96. The second-order valence-electron chi connectivity index (χ2n) is 2.91. The Labute approximate surface area is 88.4 Å². The first-order valence-corrected chi connectivity index (χ1v) is 5.18. The summed E-state index contributed by atoms with van der Waals surface area (Å²) in [5.41, 5.74) is 0. The molecule has 1 rings (SSSR count). The summed E-state index contributed by atoms with van der Waals surface area (Å²) >= 11 is 1.41. The van der Waals surface area contributed by atoms with Gasteiger partial charge in [-0.3, -0.25) is 0 Å². The lowest BCUT2D eigenvalue weighted by Gasteiger charge is -2.10. The Morgan fingerprint density at radius 2 is 2.43 bits per heavy atom. The number of likely N-dealkylation sites (N-methyl/N-ethyl adjacent to an activating group) is 1. The Hall–Kier alpha value is -0.940. The van der Waals surface area contributed by atoms with Gasteiger partial charge >= 0.3 is 0 Å². The van der Waals surface area contributed by atoms with Gasteiger partial charge in [-0.05, 0) is 0 Å². The van der Waals surface area contributed by atoms with E-state index in [0.29, 0.717) is 6.61 Å². The summed E-state index contributed by atoms with van der Waals surface area (Å²) in [7, 11) is 3.65. The fourth-order valence-electron chi connectivity index (χ4n) is 0.966. The van der Waals surface area contributed by atoms with Crippen LogP contribution in [0.4, 0.5) is 5.13 Å². The van der Waals surface area contributed by atoms with Crippen molar-refractivity contribution in [3.8, 4) is 0 Å². The highest BCUT2D eigenvalue weighted by molar-refractivity contribution is 7.09. The topological polar surface area (TPSA) is 38.2 Å². The number of aromatic nitrogens is 2. The first kappa shape index (κ1) is 11.1. The second kappa shape index (κ2) is 5.72. The van der Waals surface area contributed by atoms with Gasteiger partial charge in [-0.25, -0.2) is 4.98 Å². The molecule has 0 saturated carbocycles. The maximum Gasteiger partial charge on any atom is 0.205 e. The number of nitrogens with zero attached hydrogens (tertiary/aromatic N) is 3. The van der Waals surface area contributed by atoms with Crippen molar-refractivity contribution < 1.29 is 4.74 Å². The van der Waals surface area contributed by atoms with Crippen molar-refractivity contribution in [3.63, 3.8) is 0 Å². The molecule has 1 aromatic heterocycles. The van der Waals surface area contributed by atoms with Gasteiger partial charge in [0, 0.05) is 38.7 Å². The smallest absolute Gasteiger partial charge is 0.205 e. The number of ether oxygens (including phenoxy) is 1. The predicted molar refractivity (Wildman–Crippen MR) is 59.0 cm³/mol. The number of methoxy groups -OCH3 is 1. The van der Waals surface area contributed by atoms with Crippen LogP contribution in [0.25, 0.3) is 0 Å². The van der Waals surface area contributed by atoms with E-state index in [1.165, 1.54) is 11.5 Å². The lowest BCUT2D eigenvalue weighted by molar-refractivity contribution is 0.201. The van der Waals surface area contributed by atoms with Crippen molar-refractivity contribution in [2.24, 2.45) is 0 Å². The number of rotatable bonds is 6. The summed E-state index contributed by atoms with van der Waals surface area (Å²) in [5.74, 6) is 0.850. The average molecular weight is 213 g/mol. The van der Waals surface area contributed by atoms with Crippen LogP contribution in [-0.4, -0.2) is 36.7 Å². The van der Waals surface area contributed by atoms with Crippen LogP contribution in [0.5, 0.6) is 0 Å². The van der Waals surface area contributed by atoms with Crippen molar-refractivity contribution in [2.75, 3.05) is 32.2 Å². The highest BCUT2D eigenvalue weighted by Gasteiger charge is 2.06. The lowest BCUT2D eigenvalue weighted by atomic mass is 10.4. The first-order valence-electron chi connectivity index (χ1n) is 4.41. The van der Waals surface area contributed by atoms with E-state index in [1.54, 1.807) is 7.11 Å². The molecule has 0 radical (unpaired) electrons. The average Bonchev–Trinajstić information content (AvgIpc) is 2.63. The van der Waals surface area contributed by atoms with Crippen molar-refractivity contribution in [1.29, 1.82) is 0 Å². The van der Waals surface area contributed by atoms with Crippen LogP contribution in [0.3, 0.4) is 0 Å². The van der Waals surface area contributed by atoms with E-state index < -0.39 is 0 Å². The van der Waals surface area contributed by atoms with Gasteiger partial charge in [0.2, 0.25) is 5.13 Å². The molecule has 4 nitrogen and oxygen atoms in total. The summed E-state index contributed by atoms with van der Waals surface area (Å²) in [6.45, 7) is 5.14. The van der Waals surface area contributed by atoms with Crippen molar-refractivity contribution >= 4 is 16.7 Å². The van der Waals surface area contributed by atoms with E-state index in [1.807, 2.05) is 18.0 Å². The molecule has 14 heavy (non-hydrogen) atoms. The number of anilines is 1. The molecule has 0 aliphatic carbocycles. The summed E-state index contributed by atoms with van der Waals surface area (Å²) in [6, 6.07) is 0. The van der Waals surface area contributed by atoms with Crippen molar-refractivity contribution in [1.82, 2.24) is 9.36 Å². The highest BCUT2D eigenvalue weighted by Crippen LogP contribution is 2.15. The van der Waals surface area contributed by atoms with E-state index in [9.17, 15) is 0 Å². The third-order valence-electron chi connectivity index (χ3n) is 1.72. The first-order chi connectivity index (χ1) is 6.77. The molecular formula is C9H15N3OS. The molecule has 5 heteroatoms.